The van der Waals surface area contributed by atoms with E-state index in [1.165, 1.54) is 5.57 Å². The number of hydrogen-bond acceptors (Lipinski definition) is 4. The van der Waals surface area contributed by atoms with E-state index in [0.717, 1.165) is 48.0 Å². The molecule has 0 fully saturated rings. The van der Waals surface area contributed by atoms with Gasteiger partial charge in [-0.2, -0.15) is 5.26 Å². The SMILES string of the molecule is CCSc1cccc(NCC2=CCNCC2)c1C#N. The van der Waals surface area contributed by atoms with E-state index in [1.807, 2.05) is 18.2 Å². The van der Waals surface area contributed by atoms with Crippen LogP contribution in [0.15, 0.2) is 34.7 Å². The summed E-state index contributed by atoms with van der Waals surface area (Å²) < 4.78 is 0. The zero-order valence-electron chi connectivity index (χ0n) is 11.2. The number of benzene rings is 1. The summed E-state index contributed by atoms with van der Waals surface area (Å²) >= 11 is 1.71. The summed E-state index contributed by atoms with van der Waals surface area (Å²) in [6.07, 6.45) is 3.31. The van der Waals surface area contributed by atoms with Gasteiger partial charge in [-0.15, -0.1) is 11.8 Å². The van der Waals surface area contributed by atoms with Crippen molar-refractivity contribution in [2.24, 2.45) is 0 Å². The lowest BCUT2D eigenvalue weighted by Gasteiger charge is -2.16. The largest absolute Gasteiger partial charge is 0.380 e. The van der Waals surface area contributed by atoms with Gasteiger partial charge in [0, 0.05) is 18.0 Å². The molecule has 1 aliphatic rings. The summed E-state index contributed by atoms with van der Waals surface area (Å²) in [5.74, 6) is 0.981. The van der Waals surface area contributed by atoms with Gasteiger partial charge in [0.2, 0.25) is 0 Å². The number of thioether (sulfide) groups is 1. The first kappa shape index (κ1) is 14.0. The maximum atomic E-state index is 9.33. The fourth-order valence-corrected chi connectivity index (χ4v) is 2.89. The minimum Gasteiger partial charge on any atom is -0.380 e. The standard InChI is InChI=1S/C15H19N3S/c1-2-19-15-5-3-4-14(13(15)10-16)18-11-12-6-8-17-9-7-12/h3-6,17-18H,2,7-9,11H2,1H3. The molecule has 0 bridgehead atoms. The lowest BCUT2D eigenvalue weighted by Crippen LogP contribution is -2.23. The summed E-state index contributed by atoms with van der Waals surface area (Å²) in [5.41, 5.74) is 3.13. The molecule has 2 rings (SSSR count). The number of nitrogens with one attached hydrogen (secondary N) is 2. The van der Waals surface area contributed by atoms with Gasteiger partial charge in [-0.25, -0.2) is 0 Å². The number of anilines is 1. The molecule has 0 spiro atoms. The maximum Gasteiger partial charge on any atom is 0.102 e. The Balaban J connectivity index is 2.09. The van der Waals surface area contributed by atoms with E-state index in [4.69, 9.17) is 0 Å². The Hall–Kier alpha value is -1.44. The average Bonchev–Trinajstić information content (AvgIpc) is 2.46. The highest BCUT2D eigenvalue weighted by Crippen LogP contribution is 2.28. The van der Waals surface area contributed by atoms with Crippen molar-refractivity contribution < 1.29 is 0 Å². The van der Waals surface area contributed by atoms with Crippen LogP contribution in [0, 0.1) is 11.3 Å². The second-order valence-electron chi connectivity index (χ2n) is 4.39. The zero-order valence-corrected chi connectivity index (χ0v) is 12.0. The Morgan fingerprint density at radius 3 is 3.05 bits per heavy atom. The molecule has 2 N–H and O–H groups in total. The molecule has 1 aromatic rings. The fourth-order valence-electron chi connectivity index (χ4n) is 2.11. The van der Waals surface area contributed by atoms with Crippen molar-refractivity contribution >= 4 is 17.4 Å². The number of nitriles is 1. The second-order valence-corrected chi connectivity index (χ2v) is 5.70. The molecular weight excluding hydrogens is 254 g/mol. The van der Waals surface area contributed by atoms with Crippen LogP contribution in [0.25, 0.3) is 0 Å². The molecule has 4 heteroatoms. The zero-order chi connectivity index (χ0) is 13.5. The third-order valence-electron chi connectivity index (χ3n) is 3.10. The first-order valence-electron chi connectivity index (χ1n) is 6.63. The molecule has 0 saturated heterocycles. The summed E-state index contributed by atoms with van der Waals surface area (Å²) in [6.45, 7) is 4.93. The van der Waals surface area contributed by atoms with Gasteiger partial charge in [0.25, 0.3) is 0 Å². The van der Waals surface area contributed by atoms with Crippen molar-refractivity contribution in [2.75, 3.05) is 30.7 Å². The molecular formula is C15H19N3S. The summed E-state index contributed by atoms with van der Waals surface area (Å²) in [7, 11) is 0. The summed E-state index contributed by atoms with van der Waals surface area (Å²) in [6, 6.07) is 8.34. The van der Waals surface area contributed by atoms with Crippen molar-refractivity contribution in [3.05, 3.63) is 35.4 Å². The topological polar surface area (TPSA) is 47.8 Å². The van der Waals surface area contributed by atoms with Crippen molar-refractivity contribution in [1.82, 2.24) is 5.32 Å². The Bertz CT molecular complexity index is 503. The van der Waals surface area contributed by atoms with Gasteiger partial charge in [0.15, 0.2) is 0 Å². The summed E-state index contributed by atoms with van der Waals surface area (Å²) in [4.78, 5) is 1.06. The van der Waals surface area contributed by atoms with E-state index in [-0.39, 0.29) is 0 Å². The van der Waals surface area contributed by atoms with Gasteiger partial charge in [0.1, 0.15) is 6.07 Å². The molecule has 19 heavy (non-hydrogen) atoms. The van der Waals surface area contributed by atoms with Gasteiger partial charge in [0.05, 0.1) is 11.3 Å². The van der Waals surface area contributed by atoms with Crippen LogP contribution >= 0.6 is 11.8 Å². The van der Waals surface area contributed by atoms with E-state index in [0.29, 0.717) is 0 Å². The predicted molar refractivity (Wildman–Crippen MR) is 81.6 cm³/mol. The molecule has 0 aromatic heterocycles. The first-order valence-corrected chi connectivity index (χ1v) is 7.62. The summed E-state index contributed by atoms with van der Waals surface area (Å²) in [5, 5.41) is 16.0. The molecule has 1 aliphatic heterocycles. The average molecular weight is 273 g/mol. The van der Waals surface area contributed by atoms with Gasteiger partial charge in [-0.05, 0) is 30.9 Å². The first-order chi connectivity index (χ1) is 9.35. The molecule has 1 aromatic carbocycles. The highest BCUT2D eigenvalue weighted by molar-refractivity contribution is 7.99. The molecule has 0 saturated carbocycles. The number of nitrogens with zero attached hydrogens (tertiary/aromatic N) is 1. The molecule has 0 radical (unpaired) electrons. The molecule has 0 aliphatic carbocycles. The highest BCUT2D eigenvalue weighted by atomic mass is 32.2. The van der Waals surface area contributed by atoms with Crippen LogP contribution in [0.5, 0.6) is 0 Å². The quantitative estimate of drug-likeness (QED) is 0.639. The normalized spacial score (nSPS) is 14.6. The molecule has 1 heterocycles. The van der Waals surface area contributed by atoms with Crippen LogP contribution in [0.4, 0.5) is 5.69 Å². The van der Waals surface area contributed by atoms with Crippen LogP contribution in [0.1, 0.15) is 18.9 Å². The van der Waals surface area contributed by atoms with Crippen molar-refractivity contribution in [2.45, 2.75) is 18.2 Å². The van der Waals surface area contributed by atoms with Crippen molar-refractivity contribution in [1.29, 1.82) is 5.26 Å². The Labute approximate surface area is 119 Å². The Morgan fingerprint density at radius 2 is 2.37 bits per heavy atom. The van der Waals surface area contributed by atoms with Crippen LogP contribution < -0.4 is 10.6 Å². The molecule has 0 atom stereocenters. The minimum atomic E-state index is 0.767. The fraction of sp³-hybridized carbons (Fsp3) is 0.400. The van der Waals surface area contributed by atoms with Crippen LogP contribution in [-0.2, 0) is 0 Å². The van der Waals surface area contributed by atoms with E-state index in [2.05, 4.69) is 29.7 Å². The van der Waals surface area contributed by atoms with Crippen LogP contribution in [0.3, 0.4) is 0 Å². The lowest BCUT2D eigenvalue weighted by molar-refractivity contribution is 0.698. The van der Waals surface area contributed by atoms with Crippen LogP contribution in [-0.4, -0.2) is 25.4 Å². The third-order valence-corrected chi connectivity index (χ3v) is 4.04. The smallest absolute Gasteiger partial charge is 0.102 e. The van der Waals surface area contributed by atoms with Crippen LogP contribution in [0.2, 0.25) is 0 Å². The van der Waals surface area contributed by atoms with E-state index in [9.17, 15) is 5.26 Å². The monoisotopic (exact) mass is 273 g/mol. The van der Waals surface area contributed by atoms with E-state index < -0.39 is 0 Å². The lowest BCUT2D eigenvalue weighted by atomic mass is 10.1. The highest BCUT2D eigenvalue weighted by Gasteiger charge is 2.09. The molecule has 3 nitrogen and oxygen atoms in total. The molecule has 100 valence electrons. The Kier molecular flexibility index (Phi) is 5.31. The minimum absolute atomic E-state index is 0.767. The van der Waals surface area contributed by atoms with E-state index >= 15 is 0 Å². The predicted octanol–water partition coefficient (Wildman–Crippen LogP) is 3.00. The molecule has 0 unspecified atom stereocenters. The van der Waals surface area contributed by atoms with Gasteiger partial charge in [-0.3, -0.25) is 0 Å². The van der Waals surface area contributed by atoms with E-state index in [1.54, 1.807) is 11.8 Å². The van der Waals surface area contributed by atoms with Gasteiger partial charge < -0.3 is 10.6 Å². The van der Waals surface area contributed by atoms with Crippen molar-refractivity contribution in [3.63, 3.8) is 0 Å². The van der Waals surface area contributed by atoms with Gasteiger partial charge >= 0.3 is 0 Å². The number of hydrogen-bond donors (Lipinski definition) is 2. The Morgan fingerprint density at radius 1 is 1.47 bits per heavy atom. The molecule has 0 amide bonds. The second kappa shape index (κ2) is 7.22. The maximum absolute atomic E-state index is 9.33. The van der Waals surface area contributed by atoms with Gasteiger partial charge in [-0.1, -0.05) is 24.6 Å². The number of rotatable bonds is 5. The van der Waals surface area contributed by atoms with Crippen molar-refractivity contribution in [3.8, 4) is 6.07 Å². The third kappa shape index (κ3) is 3.76.